The maximum Gasteiger partial charge on any atom is 0.230 e. The Morgan fingerprint density at radius 2 is 1.72 bits per heavy atom. The molecule has 7 heteroatoms. The van der Waals surface area contributed by atoms with Crippen molar-refractivity contribution in [3.8, 4) is 11.4 Å². The van der Waals surface area contributed by atoms with Crippen molar-refractivity contribution in [2.45, 2.75) is 44.9 Å². The third kappa shape index (κ3) is 4.10. The van der Waals surface area contributed by atoms with Gasteiger partial charge in [-0.3, -0.25) is 0 Å². The molecule has 1 fully saturated rings. The van der Waals surface area contributed by atoms with Gasteiger partial charge in [0.1, 0.15) is 0 Å². The van der Waals surface area contributed by atoms with E-state index in [0.29, 0.717) is 37.6 Å². The van der Waals surface area contributed by atoms with Crippen LogP contribution in [0.5, 0.6) is 0 Å². The summed E-state index contributed by atoms with van der Waals surface area (Å²) in [4.78, 5) is 4.54. The molecule has 0 unspecified atom stereocenters. The van der Waals surface area contributed by atoms with Crippen LogP contribution in [0.4, 0.5) is 0 Å². The van der Waals surface area contributed by atoms with Gasteiger partial charge >= 0.3 is 0 Å². The van der Waals surface area contributed by atoms with E-state index in [9.17, 15) is 8.42 Å². The highest BCUT2D eigenvalue weighted by atomic mass is 32.2. The van der Waals surface area contributed by atoms with Crippen LogP contribution >= 0.6 is 0 Å². The maximum absolute atomic E-state index is 11.6. The molecule has 0 atom stereocenters. The molecule has 0 N–H and O–H groups in total. The second-order valence-electron chi connectivity index (χ2n) is 7.72. The lowest BCUT2D eigenvalue weighted by atomic mass is 9.87. The summed E-state index contributed by atoms with van der Waals surface area (Å²) < 4.78 is 30.1. The summed E-state index contributed by atoms with van der Waals surface area (Å²) in [5.74, 6) is 1.30. The van der Waals surface area contributed by atoms with Crippen molar-refractivity contribution in [2.75, 3.05) is 19.3 Å². The van der Waals surface area contributed by atoms with E-state index in [1.54, 1.807) is 0 Å². The van der Waals surface area contributed by atoms with Gasteiger partial charge in [0.15, 0.2) is 0 Å². The molecule has 1 saturated heterocycles. The van der Waals surface area contributed by atoms with Crippen LogP contribution in [-0.2, 0) is 15.4 Å². The quantitative estimate of drug-likeness (QED) is 0.837. The lowest BCUT2D eigenvalue weighted by Crippen LogP contribution is -2.37. The second kappa shape index (κ2) is 6.53. The Kier molecular flexibility index (Phi) is 4.72. The summed E-state index contributed by atoms with van der Waals surface area (Å²) in [5.41, 5.74) is 2.29. The molecule has 1 aliphatic rings. The molecule has 2 aromatic rings. The monoisotopic (exact) mass is 363 g/mol. The highest BCUT2D eigenvalue weighted by Crippen LogP contribution is 2.30. The minimum atomic E-state index is -3.12. The summed E-state index contributed by atoms with van der Waals surface area (Å²) in [6.45, 7) is 7.54. The van der Waals surface area contributed by atoms with Crippen LogP contribution in [-0.4, -0.2) is 42.2 Å². The number of aromatic nitrogens is 2. The lowest BCUT2D eigenvalue weighted by Gasteiger charge is -2.28. The smallest absolute Gasteiger partial charge is 0.230 e. The number of hydrogen-bond acceptors (Lipinski definition) is 5. The summed E-state index contributed by atoms with van der Waals surface area (Å²) in [5, 5.41) is 4.10. The van der Waals surface area contributed by atoms with Crippen molar-refractivity contribution in [1.82, 2.24) is 14.4 Å². The molecule has 0 aliphatic carbocycles. The van der Waals surface area contributed by atoms with Gasteiger partial charge in [0.25, 0.3) is 0 Å². The zero-order valence-electron chi connectivity index (χ0n) is 15.2. The van der Waals surface area contributed by atoms with Gasteiger partial charge in [-0.1, -0.05) is 50.2 Å². The predicted octanol–water partition coefficient (Wildman–Crippen LogP) is 3.17. The number of sulfonamides is 1. The van der Waals surface area contributed by atoms with Gasteiger partial charge in [-0.15, -0.1) is 0 Å². The topological polar surface area (TPSA) is 76.3 Å². The van der Waals surface area contributed by atoms with E-state index < -0.39 is 10.0 Å². The Bertz CT molecular complexity index is 827. The largest absolute Gasteiger partial charge is 0.339 e. The SMILES string of the molecule is CC(C)(C)c1ccc(-c2noc(C3CCN(S(C)(=O)=O)CC3)n2)cc1. The van der Waals surface area contributed by atoms with E-state index in [2.05, 4.69) is 43.0 Å². The Labute approximate surface area is 149 Å². The molecule has 2 heterocycles. The van der Waals surface area contributed by atoms with Gasteiger partial charge in [-0.05, 0) is 23.8 Å². The first kappa shape index (κ1) is 18.1. The fourth-order valence-electron chi connectivity index (χ4n) is 3.07. The fraction of sp³-hybridized carbons (Fsp3) is 0.556. The van der Waals surface area contributed by atoms with Crippen molar-refractivity contribution >= 4 is 10.0 Å². The first-order valence-electron chi connectivity index (χ1n) is 8.54. The second-order valence-corrected chi connectivity index (χ2v) is 9.70. The summed E-state index contributed by atoms with van der Waals surface area (Å²) in [7, 11) is -3.12. The Balaban J connectivity index is 1.71. The average Bonchev–Trinajstić information content (AvgIpc) is 3.03. The molecule has 3 rings (SSSR count). The van der Waals surface area contributed by atoms with E-state index in [1.165, 1.54) is 16.1 Å². The lowest BCUT2D eigenvalue weighted by molar-refractivity contribution is 0.271. The Hall–Kier alpha value is -1.73. The van der Waals surface area contributed by atoms with Crippen LogP contribution in [0, 0.1) is 0 Å². The van der Waals surface area contributed by atoms with Crippen LogP contribution in [0.2, 0.25) is 0 Å². The fourth-order valence-corrected chi connectivity index (χ4v) is 3.95. The normalized spacial score (nSPS) is 17.8. The predicted molar refractivity (Wildman–Crippen MR) is 96.8 cm³/mol. The summed E-state index contributed by atoms with van der Waals surface area (Å²) in [6, 6.07) is 8.22. The molecule has 0 bridgehead atoms. The minimum Gasteiger partial charge on any atom is -0.339 e. The standard InChI is InChI=1S/C18H25N3O3S/c1-18(2,3)15-7-5-13(6-8-15)16-19-17(24-20-16)14-9-11-21(12-10-14)25(4,22)23/h5-8,14H,9-12H2,1-4H3. The van der Waals surface area contributed by atoms with Gasteiger partial charge in [0, 0.05) is 24.6 Å². The van der Waals surface area contributed by atoms with E-state index in [1.807, 2.05) is 12.1 Å². The van der Waals surface area contributed by atoms with Crippen molar-refractivity contribution in [1.29, 1.82) is 0 Å². The molecule has 1 aliphatic heterocycles. The molecule has 0 amide bonds. The average molecular weight is 363 g/mol. The highest BCUT2D eigenvalue weighted by Gasteiger charge is 2.29. The summed E-state index contributed by atoms with van der Waals surface area (Å²) in [6.07, 6.45) is 2.66. The molecular formula is C18H25N3O3S. The zero-order chi connectivity index (χ0) is 18.2. The molecule has 6 nitrogen and oxygen atoms in total. The molecule has 0 radical (unpaired) electrons. The van der Waals surface area contributed by atoms with Gasteiger partial charge in [0.2, 0.25) is 21.7 Å². The number of rotatable bonds is 3. The van der Waals surface area contributed by atoms with Gasteiger partial charge in [-0.2, -0.15) is 4.98 Å². The minimum absolute atomic E-state index is 0.106. The third-order valence-corrected chi connectivity index (χ3v) is 6.03. The van der Waals surface area contributed by atoms with Crippen molar-refractivity contribution in [3.63, 3.8) is 0 Å². The first-order valence-corrected chi connectivity index (χ1v) is 10.4. The highest BCUT2D eigenvalue weighted by molar-refractivity contribution is 7.88. The maximum atomic E-state index is 11.6. The van der Waals surface area contributed by atoms with E-state index in [4.69, 9.17) is 4.52 Å². The molecule has 1 aromatic heterocycles. The molecule has 1 aromatic carbocycles. The number of hydrogen-bond donors (Lipinski definition) is 0. The van der Waals surface area contributed by atoms with Crippen LogP contribution in [0.3, 0.4) is 0 Å². The number of benzene rings is 1. The first-order chi connectivity index (χ1) is 11.6. The Morgan fingerprint density at radius 1 is 1.12 bits per heavy atom. The van der Waals surface area contributed by atoms with E-state index >= 15 is 0 Å². The third-order valence-electron chi connectivity index (χ3n) is 4.72. The molecule has 25 heavy (non-hydrogen) atoms. The van der Waals surface area contributed by atoms with E-state index in [0.717, 1.165) is 5.56 Å². The zero-order valence-corrected chi connectivity index (χ0v) is 16.0. The molecule has 136 valence electrons. The van der Waals surface area contributed by atoms with Gasteiger partial charge < -0.3 is 4.52 Å². The number of piperidine rings is 1. The van der Waals surface area contributed by atoms with Crippen LogP contribution < -0.4 is 0 Å². The van der Waals surface area contributed by atoms with Crippen molar-refractivity contribution in [2.24, 2.45) is 0 Å². The molecular weight excluding hydrogens is 338 g/mol. The number of nitrogens with zero attached hydrogens (tertiary/aromatic N) is 3. The van der Waals surface area contributed by atoms with E-state index in [-0.39, 0.29) is 11.3 Å². The molecule has 0 saturated carbocycles. The van der Waals surface area contributed by atoms with Crippen LogP contribution in [0.15, 0.2) is 28.8 Å². The Morgan fingerprint density at radius 3 is 2.24 bits per heavy atom. The van der Waals surface area contributed by atoms with Crippen LogP contribution in [0.25, 0.3) is 11.4 Å². The van der Waals surface area contributed by atoms with Gasteiger partial charge in [-0.25, -0.2) is 12.7 Å². The van der Waals surface area contributed by atoms with Crippen molar-refractivity contribution in [3.05, 3.63) is 35.7 Å². The van der Waals surface area contributed by atoms with Crippen molar-refractivity contribution < 1.29 is 12.9 Å². The summed E-state index contributed by atoms with van der Waals surface area (Å²) >= 11 is 0. The molecule has 0 spiro atoms. The van der Waals surface area contributed by atoms with Crippen LogP contribution in [0.1, 0.15) is 51.0 Å². The van der Waals surface area contributed by atoms with Gasteiger partial charge in [0.05, 0.1) is 6.26 Å².